The molecule has 0 aliphatic carbocycles. The van der Waals surface area contributed by atoms with Gasteiger partial charge >= 0.3 is 0 Å². The summed E-state index contributed by atoms with van der Waals surface area (Å²) in [7, 11) is 0. The van der Waals surface area contributed by atoms with Gasteiger partial charge in [0.25, 0.3) is 0 Å². The molecule has 0 rings (SSSR count). The summed E-state index contributed by atoms with van der Waals surface area (Å²) in [6, 6.07) is 0. The van der Waals surface area contributed by atoms with E-state index in [1.54, 1.807) is 0 Å². The Bertz CT molecular complexity index is 43.8. The average Bonchev–Trinajstić information content (AvgIpc) is 1.66. The lowest BCUT2D eigenvalue weighted by Crippen LogP contribution is -1.66. The second-order valence-electron chi connectivity index (χ2n) is 1.46. The molecular weight excluding hydrogens is 72.1 g/mol. The fourth-order valence-electron chi connectivity index (χ4n) is 0.375. The third-order valence-corrected chi connectivity index (χ3v) is 0.780. The molecule has 0 atom stereocenters. The van der Waals surface area contributed by atoms with Crippen molar-refractivity contribution in [3.63, 3.8) is 0 Å². The minimum atomic E-state index is 0.0680. The van der Waals surface area contributed by atoms with Gasteiger partial charge in [-0.15, -0.1) is 0 Å². The van der Waals surface area contributed by atoms with Crippen LogP contribution in [-0.2, 0) is 0 Å². The van der Waals surface area contributed by atoms with Crippen molar-refractivity contribution in [1.29, 1.82) is 0 Å². The first-order valence-corrected chi connectivity index (χ1v) is 2.56. The lowest BCUT2D eigenvalue weighted by atomic mass is 10.2. The zero-order valence-electron chi connectivity index (χ0n) is 6.33. The number of hydrogen-bond acceptors (Lipinski definition) is 0. The van der Waals surface area contributed by atoms with Gasteiger partial charge in [-0.25, -0.2) is 0 Å². The Balaban J connectivity index is 2.72. The zero-order chi connectivity index (χ0) is 6.41. The van der Waals surface area contributed by atoms with E-state index < -0.39 is 0 Å². The number of hydrogen-bond donors (Lipinski definition) is 0. The maximum Gasteiger partial charge on any atom is 0.0267 e. The molecule has 0 nitrogen and oxygen atoms in total. The van der Waals surface area contributed by atoms with Crippen LogP contribution in [0.1, 0.15) is 35.3 Å². The molecule has 0 amide bonds. The Hall–Kier alpha value is 0. The highest BCUT2D eigenvalue weighted by atomic mass is 13.8. The Kier molecular flexibility index (Phi) is 2.55. The molecule has 37 valence electrons. The van der Waals surface area contributed by atoms with Crippen LogP contribution in [0.15, 0.2) is 0 Å². The minimum Gasteiger partial charge on any atom is -0.0654 e. The van der Waals surface area contributed by atoms with Crippen LogP contribution in [0.4, 0.5) is 0 Å². The van der Waals surface area contributed by atoms with Crippen molar-refractivity contribution in [1.82, 2.24) is 0 Å². The fraction of sp³-hybridized carbons (Fsp3) is 0.833. The molecule has 0 aromatic heterocycles. The van der Waals surface area contributed by atoms with Crippen molar-refractivity contribution in [2.45, 2.75) is 32.6 Å². The smallest absolute Gasteiger partial charge is 0.0267 e. The number of unbranched alkanes of at least 4 members (excludes halogenated alkanes) is 2. The molecule has 0 N–H and O–H groups in total. The summed E-state index contributed by atoms with van der Waals surface area (Å²) in [4.78, 5) is 0. The summed E-state index contributed by atoms with van der Waals surface area (Å²) < 4.78 is 13.5. The van der Waals surface area contributed by atoms with E-state index >= 15 is 0 Å². The third-order valence-electron chi connectivity index (χ3n) is 0.780. The van der Waals surface area contributed by atoms with Gasteiger partial charge in [0.2, 0.25) is 0 Å². The minimum absolute atomic E-state index is 0.0680. The lowest BCUT2D eigenvalue weighted by molar-refractivity contribution is 0.728. The largest absolute Gasteiger partial charge is 0.0654 e. The second kappa shape index (κ2) is 5.00. The summed E-state index contributed by atoms with van der Waals surface area (Å²) in [6.45, 7) is 2.19. The van der Waals surface area contributed by atoms with Crippen LogP contribution in [-0.4, -0.2) is 0 Å². The van der Waals surface area contributed by atoms with Crippen LogP contribution >= 0.6 is 0 Å². The van der Waals surface area contributed by atoms with Crippen LogP contribution in [0, 0.1) is 6.88 Å². The van der Waals surface area contributed by atoms with E-state index in [0.29, 0.717) is 6.42 Å². The molecule has 0 aromatic rings. The molecule has 1 radical (unpaired) electrons. The summed E-state index contributed by atoms with van der Waals surface area (Å²) in [5.74, 6) is 0. The fourth-order valence-corrected chi connectivity index (χ4v) is 0.375. The van der Waals surface area contributed by atoms with Gasteiger partial charge < -0.3 is 0 Å². The van der Waals surface area contributed by atoms with Gasteiger partial charge in [-0.3, -0.25) is 0 Å². The normalized spacial score (nSPS) is 14.3. The summed E-state index contributed by atoms with van der Waals surface area (Å²) in [5, 5.41) is 0. The van der Waals surface area contributed by atoms with E-state index in [4.69, 9.17) is 2.74 Å². The first-order chi connectivity index (χ1) is 3.77. The molecule has 0 saturated heterocycles. The van der Waals surface area contributed by atoms with Crippen molar-refractivity contribution in [2.75, 3.05) is 0 Å². The highest BCUT2D eigenvalue weighted by molar-refractivity contribution is 4.38. The predicted molar refractivity (Wildman–Crippen MR) is 29.5 cm³/mol. The van der Waals surface area contributed by atoms with Gasteiger partial charge in [-0.1, -0.05) is 39.5 Å². The van der Waals surface area contributed by atoms with Crippen molar-refractivity contribution >= 4 is 0 Å². The number of rotatable bonds is 4. The molecule has 0 unspecified atom stereocenters. The van der Waals surface area contributed by atoms with E-state index in [-0.39, 0.29) is 6.88 Å². The Morgan fingerprint density at radius 2 is 2.50 bits per heavy atom. The zero-order valence-corrected chi connectivity index (χ0v) is 4.33. The highest BCUT2D eigenvalue weighted by Crippen LogP contribution is 1.95. The van der Waals surface area contributed by atoms with Crippen molar-refractivity contribution < 1.29 is 2.74 Å². The van der Waals surface area contributed by atoms with Crippen molar-refractivity contribution in [3.05, 3.63) is 6.88 Å². The highest BCUT2D eigenvalue weighted by Gasteiger charge is 1.75. The first-order valence-electron chi connectivity index (χ1n) is 3.56. The SMILES string of the molecule is [3H][C]([3H])CCCCC. The standard InChI is InChI=1S/C6H13/c1-3-5-6-4-2/h1,3-6H2,2H3/i1T2. The second-order valence-corrected chi connectivity index (χ2v) is 1.46. The van der Waals surface area contributed by atoms with Gasteiger partial charge in [-0.2, -0.15) is 0 Å². The molecule has 0 aromatic carbocycles. The van der Waals surface area contributed by atoms with Crippen molar-refractivity contribution in [3.8, 4) is 0 Å². The van der Waals surface area contributed by atoms with Crippen LogP contribution in [0.2, 0.25) is 0 Å². The molecule has 0 heteroatoms. The van der Waals surface area contributed by atoms with Crippen molar-refractivity contribution in [2.24, 2.45) is 0 Å². The maximum atomic E-state index is 6.74. The molecular formula is C6H13. The molecule has 0 saturated carbocycles. The summed E-state index contributed by atoms with van der Waals surface area (Å²) >= 11 is 0. The average molecular weight is 89.2 g/mol. The van der Waals surface area contributed by atoms with E-state index in [0.717, 1.165) is 12.8 Å². The Morgan fingerprint density at radius 3 is 3.00 bits per heavy atom. The molecule has 6 heavy (non-hydrogen) atoms. The van der Waals surface area contributed by atoms with E-state index in [1.807, 2.05) is 0 Å². The van der Waals surface area contributed by atoms with Gasteiger partial charge in [0.05, 0.1) is 0 Å². The van der Waals surface area contributed by atoms with Crippen LogP contribution in [0.25, 0.3) is 0 Å². The molecule has 0 spiro atoms. The topological polar surface area (TPSA) is 0 Å². The molecule has 0 fully saturated rings. The lowest BCUT2D eigenvalue weighted by Gasteiger charge is -1.86. The Morgan fingerprint density at radius 1 is 1.67 bits per heavy atom. The van der Waals surface area contributed by atoms with Crippen LogP contribution in [0.3, 0.4) is 0 Å². The van der Waals surface area contributed by atoms with Gasteiger partial charge in [0.1, 0.15) is 0 Å². The third kappa shape index (κ3) is 4.00. The van der Waals surface area contributed by atoms with Crippen LogP contribution in [0.5, 0.6) is 0 Å². The first kappa shape index (κ1) is 3.06. The van der Waals surface area contributed by atoms with E-state index in [2.05, 4.69) is 6.92 Å². The molecule has 0 aliphatic rings. The quantitative estimate of drug-likeness (QED) is 0.464. The molecule has 0 heterocycles. The predicted octanol–water partition coefficient (Wildman–Crippen LogP) is 2.40. The van der Waals surface area contributed by atoms with E-state index in [9.17, 15) is 0 Å². The summed E-state index contributed by atoms with van der Waals surface area (Å²) in [6.07, 6.45) is 4.00. The van der Waals surface area contributed by atoms with Gasteiger partial charge in [0.15, 0.2) is 0 Å². The van der Waals surface area contributed by atoms with Gasteiger partial charge in [0, 0.05) is 2.74 Å². The Labute approximate surface area is 43.4 Å². The molecule has 0 aliphatic heterocycles. The maximum absolute atomic E-state index is 6.74. The van der Waals surface area contributed by atoms with Gasteiger partial charge in [-0.05, 0) is 0 Å². The summed E-state index contributed by atoms with van der Waals surface area (Å²) in [5.41, 5.74) is 0. The van der Waals surface area contributed by atoms with Crippen LogP contribution < -0.4 is 0 Å². The molecule has 0 bridgehead atoms. The van der Waals surface area contributed by atoms with E-state index in [1.165, 1.54) is 6.42 Å². The monoisotopic (exact) mass is 89.1 g/mol.